The van der Waals surface area contributed by atoms with E-state index in [2.05, 4.69) is 16.0 Å². The minimum absolute atomic E-state index is 0. The van der Waals surface area contributed by atoms with Crippen molar-refractivity contribution < 1.29 is 14.3 Å². The average Bonchev–Trinajstić information content (AvgIpc) is 2.54. The quantitative estimate of drug-likeness (QED) is 0.617. The number of ether oxygens (including phenoxy) is 1. The van der Waals surface area contributed by atoms with E-state index in [1.54, 1.807) is 31.4 Å². The molecule has 24 heavy (non-hydrogen) atoms. The summed E-state index contributed by atoms with van der Waals surface area (Å²) in [5.74, 6) is -0.135. The van der Waals surface area contributed by atoms with Crippen molar-refractivity contribution in [1.82, 2.24) is 10.6 Å². The fourth-order valence-corrected chi connectivity index (χ4v) is 2.85. The summed E-state index contributed by atoms with van der Waals surface area (Å²) < 4.78 is 5.34. The van der Waals surface area contributed by atoms with Gasteiger partial charge in [-0.3, -0.25) is 4.79 Å². The van der Waals surface area contributed by atoms with Crippen molar-refractivity contribution in [1.29, 1.82) is 0 Å². The van der Waals surface area contributed by atoms with Gasteiger partial charge in [-0.25, -0.2) is 4.79 Å². The first kappa shape index (κ1) is 20.2. The maximum absolute atomic E-state index is 12.3. The van der Waals surface area contributed by atoms with Crippen LogP contribution in [0.2, 0.25) is 0 Å². The Morgan fingerprint density at radius 2 is 1.88 bits per heavy atom. The number of piperidine rings is 1. The second-order valence-corrected chi connectivity index (χ2v) is 5.93. The number of urea groups is 1. The van der Waals surface area contributed by atoms with E-state index in [0.717, 1.165) is 25.9 Å². The van der Waals surface area contributed by atoms with Crippen molar-refractivity contribution in [3.8, 4) is 0 Å². The minimum atomic E-state index is -0.630. The molecule has 134 valence electrons. The molecule has 8 heteroatoms. The van der Waals surface area contributed by atoms with Crippen LogP contribution in [0.25, 0.3) is 0 Å². The lowest BCUT2D eigenvalue weighted by atomic mass is 9.79. The third kappa shape index (κ3) is 5.67. The molecule has 0 atom stereocenters. The van der Waals surface area contributed by atoms with E-state index in [0.29, 0.717) is 24.4 Å². The van der Waals surface area contributed by atoms with Crippen molar-refractivity contribution >= 4 is 30.0 Å². The number of carbonyl (C=O) groups is 2. The Hall–Kier alpha value is -1.83. The summed E-state index contributed by atoms with van der Waals surface area (Å²) >= 11 is 0. The summed E-state index contributed by atoms with van der Waals surface area (Å²) in [7, 11) is 1.69. The molecule has 7 nitrogen and oxygen atoms in total. The number of rotatable bonds is 6. The van der Waals surface area contributed by atoms with Gasteiger partial charge in [-0.05, 0) is 50.2 Å². The molecule has 1 aromatic carbocycles. The number of benzene rings is 1. The van der Waals surface area contributed by atoms with Crippen LogP contribution < -0.4 is 21.7 Å². The number of anilines is 1. The van der Waals surface area contributed by atoms with Crippen LogP contribution in [0.4, 0.5) is 10.5 Å². The second-order valence-electron chi connectivity index (χ2n) is 5.93. The topological polar surface area (TPSA) is 105 Å². The molecule has 0 radical (unpaired) electrons. The fourth-order valence-electron chi connectivity index (χ4n) is 2.85. The van der Waals surface area contributed by atoms with Crippen LogP contribution in [0.3, 0.4) is 0 Å². The van der Waals surface area contributed by atoms with Gasteiger partial charge in [-0.2, -0.15) is 0 Å². The van der Waals surface area contributed by atoms with E-state index >= 15 is 0 Å². The van der Waals surface area contributed by atoms with Gasteiger partial charge in [-0.15, -0.1) is 12.4 Å². The second kappa shape index (κ2) is 9.46. The maximum Gasteiger partial charge on any atom is 0.316 e. The number of nitrogens with two attached hydrogens (primary N) is 1. The number of methoxy groups -OCH3 is 1. The summed E-state index contributed by atoms with van der Waals surface area (Å²) in [6, 6.07) is 5.98. The average molecular weight is 357 g/mol. The summed E-state index contributed by atoms with van der Waals surface area (Å²) in [6.45, 7) is 3.10. The zero-order valence-electron chi connectivity index (χ0n) is 13.8. The Morgan fingerprint density at radius 3 is 2.42 bits per heavy atom. The molecule has 0 spiro atoms. The number of amides is 3. The summed E-state index contributed by atoms with van der Waals surface area (Å²) in [5.41, 5.74) is 6.14. The number of nitrogens with one attached hydrogen (secondary N) is 3. The molecule has 0 saturated carbocycles. The molecule has 0 aromatic heterocycles. The third-order valence-corrected chi connectivity index (χ3v) is 4.15. The Balaban J connectivity index is 0.00000288. The van der Waals surface area contributed by atoms with Crippen molar-refractivity contribution in [3.05, 3.63) is 29.8 Å². The van der Waals surface area contributed by atoms with Gasteiger partial charge in [-0.1, -0.05) is 0 Å². The largest absolute Gasteiger partial charge is 0.384 e. The van der Waals surface area contributed by atoms with Gasteiger partial charge in [0.1, 0.15) is 0 Å². The van der Waals surface area contributed by atoms with Gasteiger partial charge in [0.2, 0.25) is 0 Å². The zero-order chi connectivity index (χ0) is 16.7. The number of hydrogen-bond acceptors (Lipinski definition) is 4. The standard InChI is InChI=1S/C16H24N4O3.ClH/c1-23-11-16(6-8-18-9-7-16)10-19-14(21)12-2-4-13(5-3-12)20-15(17)22;/h2-5,18H,6-11H2,1H3,(H,19,21)(H3,17,20,22);1H. The molecule has 1 saturated heterocycles. The molecule has 5 N–H and O–H groups in total. The van der Waals surface area contributed by atoms with E-state index in [-0.39, 0.29) is 23.7 Å². The van der Waals surface area contributed by atoms with Crippen LogP contribution in [0.5, 0.6) is 0 Å². The predicted octanol–water partition coefficient (Wildman–Crippen LogP) is 1.34. The lowest BCUT2D eigenvalue weighted by Crippen LogP contribution is -2.47. The first-order valence-corrected chi connectivity index (χ1v) is 7.69. The number of primary amides is 1. The van der Waals surface area contributed by atoms with Gasteiger partial charge < -0.3 is 26.4 Å². The number of carbonyl (C=O) groups excluding carboxylic acids is 2. The molecule has 0 aliphatic carbocycles. The van der Waals surface area contributed by atoms with Crippen LogP contribution in [-0.2, 0) is 4.74 Å². The molecule has 1 fully saturated rings. The van der Waals surface area contributed by atoms with Crippen LogP contribution in [-0.4, -0.2) is 45.3 Å². The van der Waals surface area contributed by atoms with Gasteiger partial charge in [0.25, 0.3) is 5.91 Å². The summed E-state index contributed by atoms with van der Waals surface area (Å²) in [5, 5.41) is 8.78. The number of halogens is 1. The summed E-state index contributed by atoms with van der Waals surface area (Å²) in [6.07, 6.45) is 1.95. The summed E-state index contributed by atoms with van der Waals surface area (Å²) in [4.78, 5) is 23.1. The first-order chi connectivity index (χ1) is 11.0. The third-order valence-electron chi connectivity index (χ3n) is 4.15. The highest BCUT2D eigenvalue weighted by Gasteiger charge is 2.32. The highest BCUT2D eigenvalue weighted by molar-refractivity contribution is 5.95. The normalized spacial score (nSPS) is 15.9. The van der Waals surface area contributed by atoms with Crippen molar-refractivity contribution in [2.24, 2.45) is 11.1 Å². The lowest BCUT2D eigenvalue weighted by molar-refractivity contribution is 0.0512. The first-order valence-electron chi connectivity index (χ1n) is 7.69. The van der Waals surface area contributed by atoms with E-state index in [9.17, 15) is 9.59 Å². The Kier molecular flexibility index (Phi) is 7.97. The molecule has 1 heterocycles. The van der Waals surface area contributed by atoms with Crippen LogP contribution in [0.1, 0.15) is 23.2 Å². The Bertz CT molecular complexity index is 539. The molecule has 0 bridgehead atoms. The SMILES string of the molecule is COCC1(CNC(=O)c2ccc(NC(N)=O)cc2)CCNCC1.Cl. The molecule has 2 rings (SSSR count). The Morgan fingerprint density at radius 1 is 1.25 bits per heavy atom. The van der Waals surface area contributed by atoms with Crippen LogP contribution in [0.15, 0.2) is 24.3 Å². The Labute approximate surface area is 148 Å². The highest BCUT2D eigenvalue weighted by atomic mass is 35.5. The van der Waals surface area contributed by atoms with Crippen molar-refractivity contribution in [2.75, 3.05) is 38.7 Å². The molecule has 1 aliphatic rings. The van der Waals surface area contributed by atoms with Crippen LogP contribution in [0, 0.1) is 5.41 Å². The van der Waals surface area contributed by atoms with E-state index in [1.165, 1.54) is 0 Å². The van der Waals surface area contributed by atoms with E-state index < -0.39 is 6.03 Å². The maximum atomic E-state index is 12.3. The van der Waals surface area contributed by atoms with Gasteiger partial charge in [0.15, 0.2) is 0 Å². The monoisotopic (exact) mass is 356 g/mol. The zero-order valence-corrected chi connectivity index (χ0v) is 14.6. The van der Waals surface area contributed by atoms with Gasteiger partial charge >= 0.3 is 6.03 Å². The van der Waals surface area contributed by atoms with Crippen LogP contribution >= 0.6 is 12.4 Å². The lowest BCUT2D eigenvalue weighted by Gasteiger charge is -2.37. The minimum Gasteiger partial charge on any atom is -0.384 e. The van der Waals surface area contributed by atoms with Crippen molar-refractivity contribution in [2.45, 2.75) is 12.8 Å². The molecular formula is C16H25ClN4O3. The molecule has 0 unspecified atom stereocenters. The number of hydrogen-bond donors (Lipinski definition) is 4. The highest BCUT2D eigenvalue weighted by Crippen LogP contribution is 2.28. The van der Waals surface area contributed by atoms with Crippen molar-refractivity contribution in [3.63, 3.8) is 0 Å². The molecule has 1 aliphatic heterocycles. The van der Waals surface area contributed by atoms with Gasteiger partial charge in [0, 0.05) is 30.3 Å². The predicted molar refractivity (Wildman–Crippen MR) is 95.6 cm³/mol. The molecular weight excluding hydrogens is 332 g/mol. The smallest absolute Gasteiger partial charge is 0.316 e. The van der Waals surface area contributed by atoms with E-state index in [4.69, 9.17) is 10.5 Å². The molecule has 1 aromatic rings. The molecule has 3 amide bonds. The fraction of sp³-hybridized carbons (Fsp3) is 0.500. The van der Waals surface area contributed by atoms with Gasteiger partial charge in [0.05, 0.1) is 6.61 Å². The van der Waals surface area contributed by atoms with E-state index in [1.807, 2.05) is 0 Å².